The van der Waals surface area contributed by atoms with Crippen LogP contribution in [0.3, 0.4) is 0 Å². The van der Waals surface area contributed by atoms with Crippen LogP contribution in [0.4, 0.5) is 5.69 Å². The van der Waals surface area contributed by atoms with Gasteiger partial charge >= 0.3 is 0 Å². The third-order valence-electron chi connectivity index (χ3n) is 5.61. The number of hydrogen-bond donors (Lipinski definition) is 2. The number of rotatable bonds is 10. The molecule has 0 saturated heterocycles. The van der Waals surface area contributed by atoms with Crippen LogP contribution in [0.25, 0.3) is 0 Å². The van der Waals surface area contributed by atoms with E-state index in [1.54, 1.807) is 25.3 Å². The SMILES string of the molecule is COc1ccc(C(=O)Nc2cccc(CN(CC(C)(C)CN)C(=O)C3CC3)c2)cc1OC. The molecule has 3 rings (SSSR count). The zero-order valence-electron chi connectivity index (χ0n) is 19.3. The summed E-state index contributed by atoms with van der Waals surface area (Å²) in [5.74, 6) is 1.12. The van der Waals surface area contributed by atoms with Gasteiger partial charge < -0.3 is 25.4 Å². The molecule has 7 nitrogen and oxygen atoms in total. The van der Waals surface area contributed by atoms with Crippen molar-refractivity contribution in [3.8, 4) is 11.5 Å². The number of nitrogens with zero attached hydrogens (tertiary/aromatic N) is 1. The van der Waals surface area contributed by atoms with Crippen LogP contribution in [-0.2, 0) is 11.3 Å². The number of anilines is 1. The first kappa shape index (κ1) is 23.6. The Hall–Kier alpha value is -3.06. The van der Waals surface area contributed by atoms with E-state index in [0.29, 0.717) is 42.4 Å². The van der Waals surface area contributed by atoms with Crippen LogP contribution in [-0.4, -0.2) is 44.0 Å². The summed E-state index contributed by atoms with van der Waals surface area (Å²) in [4.78, 5) is 27.5. The fourth-order valence-corrected chi connectivity index (χ4v) is 3.53. The average molecular weight is 440 g/mol. The summed E-state index contributed by atoms with van der Waals surface area (Å²) in [5, 5.41) is 2.93. The monoisotopic (exact) mass is 439 g/mol. The molecule has 2 aromatic rings. The molecule has 0 heterocycles. The molecule has 1 aliphatic rings. The van der Waals surface area contributed by atoms with E-state index in [2.05, 4.69) is 19.2 Å². The van der Waals surface area contributed by atoms with Crippen LogP contribution >= 0.6 is 0 Å². The first-order valence-corrected chi connectivity index (χ1v) is 10.9. The van der Waals surface area contributed by atoms with E-state index in [4.69, 9.17) is 15.2 Å². The van der Waals surface area contributed by atoms with Crippen molar-refractivity contribution in [2.75, 3.05) is 32.6 Å². The van der Waals surface area contributed by atoms with Crippen LogP contribution in [0, 0.1) is 11.3 Å². The van der Waals surface area contributed by atoms with E-state index in [1.807, 2.05) is 29.2 Å². The fraction of sp³-hybridized carbons (Fsp3) is 0.440. The van der Waals surface area contributed by atoms with Gasteiger partial charge in [-0.3, -0.25) is 9.59 Å². The smallest absolute Gasteiger partial charge is 0.255 e. The normalized spacial score (nSPS) is 13.4. The van der Waals surface area contributed by atoms with Crippen molar-refractivity contribution >= 4 is 17.5 Å². The lowest BCUT2D eigenvalue weighted by atomic mass is 9.92. The molecule has 0 aliphatic heterocycles. The highest BCUT2D eigenvalue weighted by molar-refractivity contribution is 6.04. The van der Waals surface area contributed by atoms with Crippen LogP contribution in [0.15, 0.2) is 42.5 Å². The fourth-order valence-electron chi connectivity index (χ4n) is 3.53. The summed E-state index contributed by atoms with van der Waals surface area (Å²) in [6.07, 6.45) is 1.92. The molecule has 0 atom stereocenters. The van der Waals surface area contributed by atoms with Gasteiger partial charge in [-0.15, -0.1) is 0 Å². The lowest BCUT2D eigenvalue weighted by Gasteiger charge is -2.32. The minimum absolute atomic E-state index is 0.136. The van der Waals surface area contributed by atoms with Gasteiger partial charge in [-0.25, -0.2) is 0 Å². The zero-order chi connectivity index (χ0) is 23.3. The summed E-state index contributed by atoms with van der Waals surface area (Å²) in [6, 6.07) is 12.6. The number of nitrogens with two attached hydrogens (primary N) is 1. The number of hydrogen-bond acceptors (Lipinski definition) is 5. The number of nitrogens with one attached hydrogen (secondary N) is 1. The molecular weight excluding hydrogens is 406 g/mol. The third kappa shape index (κ3) is 6.01. The Morgan fingerprint density at radius 1 is 1.09 bits per heavy atom. The Morgan fingerprint density at radius 3 is 2.44 bits per heavy atom. The summed E-state index contributed by atoms with van der Waals surface area (Å²) >= 11 is 0. The molecule has 3 N–H and O–H groups in total. The Balaban J connectivity index is 1.73. The van der Waals surface area contributed by atoms with Crippen molar-refractivity contribution in [2.24, 2.45) is 17.1 Å². The lowest BCUT2D eigenvalue weighted by Crippen LogP contribution is -2.42. The third-order valence-corrected chi connectivity index (χ3v) is 5.61. The van der Waals surface area contributed by atoms with Crippen LogP contribution in [0.5, 0.6) is 11.5 Å². The Labute approximate surface area is 189 Å². The van der Waals surface area contributed by atoms with Crippen LogP contribution in [0.1, 0.15) is 42.6 Å². The number of carbonyl (C=O) groups is 2. The lowest BCUT2D eigenvalue weighted by molar-refractivity contribution is -0.134. The average Bonchev–Trinajstić information content (AvgIpc) is 3.63. The first-order valence-electron chi connectivity index (χ1n) is 10.9. The second-order valence-corrected chi connectivity index (χ2v) is 9.06. The predicted molar refractivity (Wildman–Crippen MR) is 125 cm³/mol. The van der Waals surface area contributed by atoms with E-state index in [1.165, 1.54) is 7.11 Å². The van der Waals surface area contributed by atoms with Crippen molar-refractivity contribution in [1.29, 1.82) is 0 Å². The van der Waals surface area contributed by atoms with Gasteiger partial charge in [0.25, 0.3) is 5.91 Å². The topological polar surface area (TPSA) is 93.9 Å². The molecule has 0 spiro atoms. The maximum absolute atomic E-state index is 12.9. The zero-order valence-corrected chi connectivity index (χ0v) is 19.3. The molecule has 0 aromatic heterocycles. The Kier molecular flexibility index (Phi) is 7.40. The van der Waals surface area contributed by atoms with Crippen LogP contribution in [0.2, 0.25) is 0 Å². The molecule has 0 radical (unpaired) electrons. The summed E-state index contributed by atoms with van der Waals surface area (Å²) in [7, 11) is 3.08. The summed E-state index contributed by atoms with van der Waals surface area (Å²) in [6.45, 7) is 5.72. The van der Waals surface area contributed by atoms with Gasteiger partial charge in [0, 0.05) is 30.3 Å². The number of benzene rings is 2. The number of methoxy groups -OCH3 is 2. The number of ether oxygens (including phenoxy) is 2. The van der Waals surface area contributed by atoms with Gasteiger partial charge in [0.15, 0.2) is 11.5 Å². The standard InChI is InChI=1S/C25H33N3O4/c1-25(2,15-26)16-28(24(30)18-8-9-18)14-17-6-5-7-20(12-17)27-23(29)19-10-11-21(31-3)22(13-19)32-4/h5-7,10-13,18H,8-9,14-16,26H2,1-4H3,(H,27,29). The molecule has 2 amide bonds. The first-order chi connectivity index (χ1) is 15.3. The van der Waals surface area contributed by atoms with E-state index < -0.39 is 0 Å². The molecule has 1 aliphatic carbocycles. The van der Waals surface area contributed by atoms with Gasteiger partial charge in [0.2, 0.25) is 5.91 Å². The summed E-state index contributed by atoms with van der Waals surface area (Å²) in [5.41, 5.74) is 7.83. The number of amides is 2. The molecule has 1 fully saturated rings. The molecule has 1 saturated carbocycles. The van der Waals surface area contributed by atoms with E-state index in [9.17, 15) is 9.59 Å². The van der Waals surface area contributed by atoms with Crippen molar-refractivity contribution in [3.05, 3.63) is 53.6 Å². The highest BCUT2D eigenvalue weighted by atomic mass is 16.5. The van der Waals surface area contributed by atoms with Gasteiger partial charge in [-0.2, -0.15) is 0 Å². The van der Waals surface area contributed by atoms with E-state index in [-0.39, 0.29) is 23.1 Å². The van der Waals surface area contributed by atoms with Gasteiger partial charge in [-0.1, -0.05) is 26.0 Å². The maximum atomic E-state index is 12.9. The van der Waals surface area contributed by atoms with Crippen molar-refractivity contribution in [2.45, 2.75) is 33.2 Å². The molecule has 172 valence electrons. The van der Waals surface area contributed by atoms with E-state index >= 15 is 0 Å². The maximum Gasteiger partial charge on any atom is 0.255 e. The summed E-state index contributed by atoms with van der Waals surface area (Å²) < 4.78 is 10.5. The van der Waals surface area contributed by atoms with Crippen molar-refractivity contribution in [3.63, 3.8) is 0 Å². The molecule has 0 bridgehead atoms. The molecule has 32 heavy (non-hydrogen) atoms. The highest BCUT2D eigenvalue weighted by Crippen LogP contribution is 2.33. The Morgan fingerprint density at radius 2 is 1.81 bits per heavy atom. The molecule has 0 unspecified atom stereocenters. The minimum Gasteiger partial charge on any atom is -0.493 e. The second kappa shape index (κ2) is 10.0. The van der Waals surface area contributed by atoms with Crippen molar-refractivity contribution in [1.82, 2.24) is 4.90 Å². The quantitative estimate of drug-likeness (QED) is 0.589. The Bertz CT molecular complexity index is 969. The highest BCUT2D eigenvalue weighted by Gasteiger charge is 2.35. The van der Waals surface area contributed by atoms with Crippen LogP contribution < -0.4 is 20.5 Å². The molecular formula is C25H33N3O4. The second-order valence-electron chi connectivity index (χ2n) is 9.06. The number of carbonyl (C=O) groups excluding carboxylic acids is 2. The van der Waals surface area contributed by atoms with Gasteiger partial charge in [-0.05, 0) is 60.7 Å². The van der Waals surface area contributed by atoms with Crippen molar-refractivity contribution < 1.29 is 19.1 Å². The largest absolute Gasteiger partial charge is 0.493 e. The molecule has 7 heteroatoms. The molecule has 2 aromatic carbocycles. The minimum atomic E-state index is -0.252. The van der Waals surface area contributed by atoms with E-state index in [0.717, 1.165) is 18.4 Å². The predicted octanol–water partition coefficient (Wildman–Crippen LogP) is 3.68. The van der Waals surface area contributed by atoms with Gasteiger partial charge in [0.1, 0.15) is 0 Å². The van der Waals surface area contributed by atoms with Gasteiger partial charge in [0.05, 0.1) is 14.2 Å².